The number of urea groups is 1. The summed E-state index contributed by atoms with van der Waals surface area (Å²) in [5.74, 6) is -0.0985. The highest BCUT2D eigenvalue weighted by molar-refractivity contribution is 6.29. The summed E-state index contributed by atoms with van der Waals surface area (Å²) in [5, 5.41) is 3.48. The number of halogens is 1. The molecule has 1 aromatic carbocycles. The highest BCUT2D eigenvalue weighted by atomic mass is 35.5. The zero-order chi connectivity index (χ0) is 28.2. The number of pyridine rings is 1. The molecule has 3 amide bonds. The fourth-order valence-corrected chi connectivity index (χ4v) is 6.98. The van der Waals surface area contributed by atoms with Crippen molar-refractivity contribution in [2.24, 2.45) is 0 Å². The molecule has 0 bridgehead atoms. The maximum Gasteiger partial charge on any atom is 0.321 e. The van der Waals surface area contributed by atoms with Crippen LogP contribution in [0.2, 0.25) is 5.15 Å². The van der Waals surface area contributed by atoms with Crippen molar-refractivity contribution < 1.29 is 14.3 Å². The van der Waals surface area contributed by atoms with E-state index in [4.69, 9.17) is 16.3 Å². The Hall–Kier alpha value is -2.68. The first-order valence-electron chi connectivity index (χ1n) is 14.7. The number of ether oxygens (including phenoxy) is 1. The van der Waals surface area contributed by atoms with Gasteiger partial charge in [-0.15, -0.1) is 0 Å². The number of piperidine rings is 1. The van der Waals surface area contributed by atoms with Gasteiger partial charge in [0.2, 0.25) is 0 Å². The Labute approximate surface area is 243 Å². The summed E-state index contributed by atoms with van der Waals surface area (Å²) in [6.07, 6.45) is 4.62. The van der Waals surface area contributed by atoms with Crippen molar-refractivity contribution in [2.45, 2.75) is 77.0 Å². The molecular formula is C31H42ClN5O3. The lowest BCUT2D eigenvalue weighted by Crippen LogP contribution is -2.50. The zero-order valence-electron chi connectivity index (χ0n) is 23.9. The van der Waals surface area contributed by atoms with Gasteiger partial charge < -0.3 is 24.8 Å². The molecule has 8 nitrogen and oxygen atoms in total. The summed E-state index contributed by atoms with van der Waals surface area (Å²) in [5.41, 5.74) is 3.32. The molecule has 1 aromatic heterocycles. The number of aryl methyl sites for hydroxylation is 2. The minimum Gasteiger partial charge on any atom is -0.381 e. The Morgan fingerprint density at radius 1 is 1.10 bits per heavy atom. The third-order valence-electron chi connectivity index (χ3n) is 8.94. The first-order valence-corrected chi connectivity index (χ1v) is 15.1. The van der Waals surface area contributed by atoms with Crippen LogP contribution in [0.15, 0.2) is 36.4 Å². The second kappa shape index (κ2) is 12.9. The van der Waals surface area contributed by atoms with Gasteiger partial charge in [0, 0.05) is 57.5 Å². The fraction of sp³-hybridized carbons (Fsp3) is 0.581. The average molecular weight is 568 g/mol. The molecule has 2 aromatic rings. The van der Waals surface area contributed by atoms with Crippen molar-refractivity contribution >= 4 is 23.5 Å². The average Bonchev–Trinajstić information content (AvgIpc) is 3.30. The van der Waals surface area contributed by atoms with E-state index in [1.165, 1.54) is 5.56 Å². The van der Waals surface area contributed by atoms with Crippen LogP contribution in [-0.2, 0) is 4.74 Å². The van der Waals surface area contributed by atoms with Gasteiger partial charge in [0.15, 0.2) is 0 Å². The molecule has 2 unspecified atom stereocenters. The van der Waals surface area contributed by atoms with E-state index < -0.39 is 0 Å². The molecule has 3 fully saturated rings. The smallest absolute Gasteiger partial charge is 0.321 e. The van der Waals surface area contributed by atoms with Crippen molar-refractivity contribution in [1.29, 1.82) is 0 Å². The van der Waals surface area contributed by atoms with E-state index in [1.807, 2.05) is 19.9 Å². The molecule has 0 spiro atoms. The first kappa shape index (κ1) is 28.8. The van der Waals surface area contributed by atoms with Gasteiger partial charge in [0.25, 0.3) is 5.91 Å². The van der Waals surface area contributed by atoms with E-state index in [0.29, 0.717) is 29.0 Å². The second-order valence-electron chi connectivity index (χ2n) is 11.5. The Kier molecular flexibility index (Phi) is 9.28. The summed E-state index contributed by atoms with van der Waals surface area (Å²) < 4.78 is 5.57. The molecule has 0 radical (unpaired) electrons. The summed E-state index contributed by atoms with van der Waals surface area (Å²) in [7, 11) is 0. The molecule has 0 saturated carbocycles. The minimum absolute atomic E-state index is 0.0926. The van der Waals surface area contributed by atoms with Crippen molar-refractivity contribution in [3.63, 3.8) is 0 Å². The van der Waals surface area contributed by atoms with Crippen molar-refractivity contribution in [2.75, 3.05) is 39.4 Å². The number of aromatic nitrogens is 1. The Morgan fingerprint density at radius 3 is 2.48 bits per heavy atom. The third-order valence-corrected chi connectivity index (χ3v) is 9.14. The quantitative estimate of drug-likeness (QED) is 0.455. The maximum absolute atomic E-state index is 13.8. The Bertz CT molecular complexity index is 1160. The topological polar surface area (TPSA) is 78.0 Å². The van der Waals surface area contributed by atoms with Gasteiger partial charge in [-0.1, -0.05) is 41.9 Å². The van der Waals surface area contributed by atoms with Crippen molar-refractivity contribution in [3.8, 4) is 0 Å². The van der Waals surface area contributed by atoms with E-state index in [1.54, 1.807) is 6.07 Å². The number of benzene rings is 1. The highest BCUT2D eigenvalue weighted by Crippen LogP contribution is 2.37. The van der Waals surface area contributed by atoms with Crippen LogP contribution in [0.1, 0.15) is 72.2 Å². The number of amides is 3. The van der Waals surface area contributed by atoms with Gasteiger partial charge in [-0.25, -0.2) is 9.78 Å². The van der Waals surface area contributed by atoms with Crippen LogP contribution in [0.25, 0.3) is 0 Å². The zero-order valence-corrected chi connectivity index (χ0v) is 24.7. The molecule has 216 valence electrons. The number of nitrogens with zero attached hydrogens (tertiary/aromatic N) is 4. The van der Waals surface area contributed by atoms with Gasteiger partial charge in [0.1, 0.15) is 5.15 Å². The van der Waals surface area contributed by atoms with Crippen LogP contribution in [0.5, 0.6) is 0 Å². The minimum atomic E-state index is -0.0985. The monoisotopic (exact) mass is 567 g/mol. The van der Waals surface area contributed by atoms with Crippen molar-refractivity contribution in [3.05, 3.63) is 63.9 Å². The Morgan fingerprint density at radius 2 is 1.80 bits per heavy atom. The summed E-state index contributed by atoms with van der Waals surface area (Å²) >= 11 is 6.02. The molecule has 9 heteroatoms. The lowest BCUT2D eigenvalue weighted by Gasteiger charge is -2.41. The van der Waals surface area contributed by atoms with Crippen molar-refractivity contribution in [1.82, 2.24) is 25.0 Å². The predicted molar refractivity (Wildman–Crippen MR) is 157 cm³/mol. The lowest BCUT2D eigenvalue weighted by atomic mass is 9.98. The number of nitrogens with one attached hydrogen (secondary N) is 1. The van der Waals surface area contributed by atoms with E-state index >= 15 is 0 Å². The molecule has 5 rings (SSSR count). The molecule has 4 heterocycles. The van der Waals surface area contributed by atoms with Gasteiger partial charge in [-0.05, 0) is 70.1 Å². The molecular weight excluding hydrogens is 526 g/mol. The first-order chi connectivity index (χ1) is 19.3. The number of hydrogen-bond acceptors (Lipinski definition) is 5. The summed E-state index contributed by atoms with van der Waals surface area (Å²) in [6, 6.07) is 13.4. The molecule has 1 N–H and O–H groups in total. The Balaban J connectivity index is 1.16. The van der Waals surface area contributed by atoms with E-state index in [0.717, 1.165) is 70.5 Å². The van der Waals surface area contributed by atoms with E-state index in [9.17, 15) is 9.59 Å². The standard InChI is InChI=1S/C31H42ClN5O3/c1-21-19-28(32)34-23(3)29(21)30(38)33-14-9-22(2)35-15-10-26(11-16-35)37-27(24-7-5-4-6-8-24)20-36(31(37)39)25-12-17-40-18-13-25/h4-8,19,22,25-27H,9-18,20H2,1-3H3,(H,33,38). The molecule has 2 atom stereocenters. The summed E-state index contributed by atoms with van der Waals surface area (Å²) in [6.45, 7) is 10.6. The van der Waals surface area contributed by atoms with Crippen LogP contribution in [0, 0.1) is 13.8 Å². The van der Waals surface area contributed by atoms with Crippen LogP contribution in [0.4, 0.5) is 4.79 Å². The van der Waals surface area contributed by atoms with E-state index in [-0.39, 0.29) is 30.1 Å². The number of rotatable bonds is 8. The molecule has 3 aliphatic heterocycles. The van der Waals surface area contributed by atoms with Gasteiger partial charge in [-0.2, -0.15) is 0 Å². The van der Waals surface area contributed by atoms with Crippen LogP contribution in [0.3, 0.4) is 0 Å². The highest BCUT2D eigenvalue weighted by Gasteiger charge is 2.45. The van der Waals surface area contributed by atoms with Gasteiger partial charge >= 0.3 is 6.03 Å². The fourth-order valence-electron chi connectivity index (χ4n) is 6.69. The second-order valence-corrected chi connectivity index (χ2v) is 11.9. The number of carbonyl (C=O) groups is 2. The molecule has 3 aliphatic rings. The molecule has 40 heavy (non-hydrogen) atoms. The maximum atomic E-state index is 13.8. The normalized spacial score (nSPS) is 22.1. The van der Waals surface area contributed by atoms with E-state index in [2.05, 4.69) is 56.2 Å². The lowest BCUT2D eigenvalue weighted by molar-refractivity contribution is 0.0490. The van der Waals surface area contributed by atoms with Gasteiger partial charge in [-0.3, -0.25) is 4.79 Å². The van der Waals surface area contributed by atoms with Crippen LogP contribution in [-0.4, -0.2) is 89.1 Å². The van der Waals surface area contributed by atoms with Crippen LogP contribution >= 0.6 is 11.6 Å². The number of likely N-dealkylation sites (tertiary alicyclic amines) is 1. The van der Waals surface area contributed by atoms with Crippen LogP contribution < -0.4 is 5.32 Å². The van der Waals surface area contributed by atoms with Gasteiger partial charge in [0.05, 0.1) is 17.3 Å². The molecule has 3 saturated heterocycles. The largest absolute Gasteiger partial charge is 0.381 e. The predicted octanol–water partition coefficient (Wildman–Crippen LogP) is 4.98. The molecule has 0 aliphatic carbocycles. The SMILES string of the molecule is Cc1cc(Cl)nc(C)c1C(=O)NCCC(C)N1CCC(N2C(=O)N(C3CCOCC3)CC2c2ccccc2)CC1. The summed E-state index contributed by atoms with van der Waals surface area (Å²) in [4.78, 5) is 37.7. The number of hydrogen-bond donors (Lipinski definition) is 1. The third kappa shape index (κ3) is 6.29. The number of carbonyl (C=O) groups excluding carboxylic acids is 2.